The molecule has 3 aromatic rings. The molecule has 0 aliphatic carbocycles. The van der Waals surface area contributed by atoms with E-state index in [1.165, 1.54) is 10.5 Å². The molecule has 1 unspecified atom stereocenters. The van der Waals surface area contributed by atoms with Crippen LogP contribution in [0.4, 0.5) is 0 Å². The molecule has 8 nitrogen and oxygen atoms in total. The van der Waals surface area contributed by atoms with Gasteiger partial charge >= 0.3 is 0 Å². The minimum absolute atomic E-state index is 0.158. The van der Waals surface area contributed by atoms with Crippen LogP contribution in [0.15, 0.2) is 47.0 Å². The van der Waals surface area contributed by atoms with Gasteiger partial charge in [-0.05, 0) is 42.7 Å². The van der Waals surface area contributed by atoms with Crippen molar-refractivity contribution in [2.75, 3.05) is 21.3 Å². The number of hydrogen-bond donors (Lipinski definition) is 0. The molecule has 1 aromatic heterocycles. The van der Waals surface area contributed by atoms with Gasteiger partial charge < -0.3 is 23.6 Å². The maximum Gasteiger partial charge on any atom is 0.263 e. The van der Waals surface area contributed by atoms with Gasteiger partial charge in [0.05, 0.1) is 26.3 Å². The summed E-state index contributed by atoms with van der Waals surface area (Å²) in [4.78, 5) is 18.9. The molecule has 0 aliphatic rings. The number of likely N-dealkylation sites (N-methyl/N-ethyl adjacent to an activating group) is 1. The molecule has 170 valence electrons. The first kappa shape index (κ1) is 23.1. The van der Waals surface area contributed by atoms with E-state index in [9.17, 15) is 4.79 Å². The maximum atomic E-state index is 12.9. The summed E-state index contributed by atoms with van der Waals surface area (Å²) in [6.45, 7) is 4.17. The molecule has 0 saturated carbocycles. The van der Waals surface area contributed by atoms with E-state index in [-0.39, 0.29) is 12.5 Å². The summed E-state index contributed by atoms with van der Waals surface area (Å²) < 4.78 is 21.9. The lowest BCUT2D eigenvalue weighted by molar-refractivity contribution is -0.138. The van der Waals surface area contributed by atoms with Gasteiger partial charge in [-0.3, -0.25) is 4.79 Å². The van der Waals surface area contributed by atoms with E-state index in [4.69, 9.17) is 18.7 Å². The van der Waals surface area contributed by atoms with Crippen molar-refractivity contribution in [3.05, 3.63) is 53.9 Å². The van der Waals surface area contributed by atoms with Gasteiger partial charge in [0.25, 0.3) is 5.91 Å². The van der Waals surface area contributed by atoms with Crippen molar-refractivity contribution in [1.29, 1.82) is 0 Å². The number of carbonyl (C=O) groups is 1. The van der Waals surface area contributed by atoms with E-state index in [1.54, 1.807) is 39.5 Å². The van der Waals surface area contributed by atoms with E-state index in [0.717, 1.165) is 6.42 Å². The van der Waals surface area contributed by atoms with Gasteiger partial charge in [0.2, 0.25) is 11.7 Å². The van der Waals surface area contributed by atoms with Gasteiger partial charge in [-0.25, -0.2) is 0 Å². The van der Waals surface area contributed by atoms with Crippen LogP contribution in [0.1, 0.15) is 31.7 Å². The summed E-state index contributed by atoms with van der Waals surface area (Å²) >= 11 is 0. The quantitative estimate of drug-likeness (QED) is 0.469. The van der Waals surface area contributed by atoms with Crippen molar-refractivity contribution in [3.63, 3.8) is 0 Å². The normalized spacial score (nSPS) is 11.7. The number of carbonyl (C=O) groups excluding carboxylic acids is 1. The largest absolute Gasteiger partial charge is 0.497 e. The number of hydrogen-bond acceptors (Lipinski definition) is 7. The fourth-order valence-corrected chi connectivity index (χ4v) is 3.21. The smallest absolute Gasteiger partial charge is 0.263 e. The molecule has 2 aromatic carbocycles. The fraction of sp³-hybridized carbons (Fsp3) is 0.375. The third kappa shape index (κ3) is 5.38. The SMILES string of the molecule is CCc1ccc(OC(CC)C(=O)N(C)Cc2nc(-c3ccc(OC)cc3OC)no2)cc1. The van der Waals surface area contributed by atoms with Crippen molar-refractivity contribution in [3.8, 4) is 28.6 Å². The zero-order valence-corrected chi connectivity index (χ0v) is 19.1. The molecule has 0 fully saturated rings. The number of benzene rings is 2. The summed E-state index contributed by atoms with van der Waals surface area (Å²) in [5.74, 6) is 2.43. The Labute approximate surface area is 188 Å². The Bertz CT molecular complexity index is 1030. The van der Waals surface area contributed by atoms with Crippen molar-refractivity contribution in [1.82, 2.24) is 15.0 Å². The molecule has 0 spiro atoms. The molecule has 0 N–H and O–H groups in total. The molecule has 0 saturated heterocycles. The summed E-state index contributed by atoms with van der Waals surface area (Å²) in [5.41, 5.74) is 1.89. The minimum atomic E-state index is -0.600. The van der Waals surface area contributed by atoms with Crippen LogP contribution in [0.5, 0.6) is 17.2 Å². The summed E-state index contributed by atoms with van der Waals surface area (Å²) in [7, 11) is 4.83. The second kappa shape index (κ2) is 10.7. The van der Waals surface area contributed by atoms with Crippen LogP contribution >= 0.6 is 0 Å². The zero-order chi connectivity index (χ0) is 23.1. The number of methoxy groups -OCH3 is 2. The number of ether oxygens (including phenoxy) is 3. The van der Waals surface area contributed by atoms with Crippen molar-refractivity contribution >= 4 is 5.91 Å². The number of amides is 1. The number of nitrogens with zero attached hydrogens (tertiary/aromatic N) is 3. The van der Waals surface area contributed by atoms with Crippen LogP contribution < -0.4 is 14.2 Å². The molecular formula is C24H29N3O5. The van der Waals surface area contributed by atoms with Gasteiger partial charge in [-0.2, -0.15) is 4.98 Å². The summed E-state index contributed by atoms with van der Waals surface area (Å²) in [6, 6.07) is 13.1. The van der Waals surface area contributed by atoms with Crippen molar-refractivity contribution in [2.24, 2.45) is 0 Å². The van der Waals surface area contributed by atoms with Crippen LogP contribution in [0.2, 0.25) is 0 Å². The van der Waals surface area contributed by atoms with Gasteiger partial charge in [0.15, 0.2) is 6.10 Å². The Morgan fingerprint density at radius 3 is 2.41 bits per heavy atom. The highest BCUT2D eigenvalue weighted by atomic mass is 16.5. The van der Waals surface area contributed by atoms with Gasteiger partial charge in [0, 0.05) is 13.1 Å². The van der Waals surface area contributed by atoms with E-state index >= 15 is 0 Å². The van der Waals surface area contributed by atoms with Crippen molar-refractivity contribution in [2.45, 2.75) is 39.3 Å². The number of aryl methyl sites for hydroxylation is 1. The van der Waals surface area contributed by atoms with Crippen molar-refractivity contribution < 1.29 is 23.5 Å². The highest BCUT2D eigenvalue weighted by molar-refractivity contribution is 5.81. The first-order valence-electron chi connectivity index (χ1n) is 10.5. The highest BCUT2D eigenvalue weighted by Crippen LogP contribution is 2.31. The minimum Gasteiger partial charge on any atom is -0.497 e. The summed E-state index contributed by atoms with van der Waals surface area (Å²) in [5, 5.41) is 4.04. The van der Waals surface area contributed by atoms with E-state index < -0.39 is 6.10 Å². The first-order valence-corrected chi connectivity index (χ1v) is 10.5. The molecule has 1 heterocycles. The maximum absolute atomic E-state index is 12.9. The monoisotopic (exact) mass is 439 g/mol. The van der Waals surface area contributed by atoms with E-state index in [2.05, 4.69) is 17.1 Å². The lowest BCUT2D eigenvalue weighted by Gasteiger charge is -2.22. The molecule has 1 amide bonds. The molecular weight excluding hydrogens is 410 g/mol. The highest BCUT2D eigenvalue weighted by Gasteiger charge is 2.24. The molecule has 0 radical (unpaired) electrons. The van der Waals surface area contributed by atoms with E-state index in [0.29, 0.717) is 40.9 Å². The third-order valence-corrected chi connectivity index (χ3v) is 5.12. The molecule has 32 heavy (non-hydrogen) atoms. The number of aromatic nitrogens is 2. The van der Waals surface area contributed by atoms with Gasteiger partial charge in [-0.1, -0.05) is 31.1 Å². The van der Waals surface area contributed by atoms with Gasteiger partial charge in [0.1, 0.15) is 17.2 Å². The van der Waals surface area contributed by atoms with Crippen LogP contribution in [0.25, 0.3) is 11.4 Å². The summed E-state index contributed by atoms with van der Waals surface area (Å²) in [6.07, 6.45) is 0.890. The lowest BCUT2D eigenvalue weighted by Crippen LogP contribution is -2.39. The Balaban J connectivity index is 1.68. The average Bonchev–Trinajstić information content (AvgIpc) is 3.30. The fourth-order valence-electron chi connectivity index (χ4n) is 3.21. The molecule has 8 heteroatoms. The second-order valence-corrected chi connectivity index (χ2v) is 7.28. The molecule has 0 aliphatic heterocycles. The first-order chi connectivity index (χ1) is 15.5. The Morgan fingerprint density at radius 1 is 1.06 bits per heavy atom. The second-order valence-electron chi connectivity index (χ2n) is 7.28. The Morgan fingerprint density at radius 2 is 1.78 bits per heavy atom. The van der Waals surface area contributed by atoms with Crippen LogP contribution in [0.3, 0.4) is 0 Å². The third-order valence-electron chi connectivity index (χ3n) is 5.12. The van der Waals surface area contributed by atoms with Gasteiger partial charge in [-0.15, -0.1) is 0 Å². The Hall–Kier alpha value is -3.55. The van der Waals surface area contributed by atoms with Crippen LogP contribution in [-0.2, 0) is 17.8 Å². The lowest BCUT2D eigenvalue weighted by atomic mass is 10.1. The van der Waals surface area contributed by atoms with Crippen LogP contribution in [0, 0.1) is 0 Å². The van der Waals surface area contributed by atoms with E-state index in [1.807, 2.05) is 31.2 Å². The molecule has 0 bridgehead atoms. The standard InChI is InChI=1S/C24H29N3O5/c1-6-16-8-10-17(11-9-16)31-20(7-2)24(28)27(3)15-22-25-23(26-32-22)19-13-12-18(29-4)14-21(19)30-5/h8-14,20H,6-7,15H2,1-5H3. The predicted octanol–water partition coefficient (Wildman–Crippen LogP) is 4.13. The number of rotatable bonds is 10. The predicted molar refractivity (Wildman–Crippen MR) is 120 cm³/mol. The molecule has 1 atom stereocenters. The van der Waals surface area contributed by atoms with Crippen LogP contribution in [-0.4, -0.2) is 48.3 Å². The zero-order valence-electron chi connectivity index (χ0n) is 19.1. The Kier molecular flexibility index (Phi) is 7.70. The molecule has 3 rings (SSSR count). The topological polar surface area (TPSA) is 86.9 Å². The average molecular weight is 440 g/mol.